The van der Waals surface area contributed by atoms with Crippen LogP contribution >= 0.6 is 0 Å². The van der Waals surface area contributed by atoms with Crippen molar-refractivity contribution in [3.8, 4) is 12.3 Å². The first-order valence-electron chi connectivity index (χ1n) is 7.89. The van der Waals surface area contributed by atoms with Gasteiger partial charge in [-0.1, -0.05) is 12.3 Å². The van der Waals surface area contributed by atoms with Crippen molar-refractivity contribution in [3.63, 3.8) is 0 Å². The summed E-state index contributed by atoms with van der Waals surface area (Å²) in [4.78, 5) is 14.6. The van der Waals surface area contributed by atoms with Gasteiger partial charge in [0.25, 0.3) is 0 Å². The topological polar surface area (TPSA) is 53.0 Å². The Balaban J connectivity index is 1.71. The summed E-state index contributed by atoms with van der Waals surface area (Å²) in [6.07, 6.45) is 11.2. The van der Waals surface area contributed by atoms with E-state index in [-0.39, 0.29) is 6.61 Å². The third kappa shape index (κ3) is 4.70. The van der Waals surface area contributed by atoms with E-state index < -0.39 is 11.7 Å². The second kappa shape index (κ2) is 7.79. The third-order valence-electron chi connectivity index (χ3n) is 4.50. The molecule has 1 saturated heterocycles. The normalized spacial score (nSPS) is 24.3. The van der Waals surface area contributed by atoms with Gasteiger partial charge in [-0.05, 0) is 25.7 Å². The van der Waals surface area contributed by atoms with Crippen LogP contribution in [-0.4, -0.2) is 72.4 Å². The first-order valence-corrected chi connectivity index (χ1v) is 7.89. The molecule has 1 atom stereocenters. The molecule has 1 aliphatic heterocycles. The molecule has 1 saturated carbocycles. The van der Waals surface area contributed by atoms with Crippen molar-refractivity contribution in [2.45, 2.75) is 43.8 Å². The molecule has 0 bridgehead atoms. The zero-order valence-electron chi connectivity index (χ0n) is 12.7. The molecule has 0 spiro atoms. The number of hydrogen-bond donors (Lipinski definition) is 1. The average molecular weight is 294 g/mol. The van der Waals surface area contributed by atoms with Crippen LogP contribution in [0.25, 0.3) is 0 Å². The minimum Gasteiger partial charge on any atom is -0.389 e. The Hall–Kier alpha value is -1.09. The van der Waals surface area contributed by atoms with E-state index in [1.807, 2.05) is 0 Å². The summed E-state index contributed by atoms with van der Waals surface area (Å²) in [5.41, 5.74) is -0.463. The Kier molecular flexibility index (Phi) is 6.04. The molecule has 0 aromatic heterocycles. The maximum atomic E-state index is 10.7. The lowest BCUT2D eigenvalue weighted by Gasteiger charge is -2.35. The number of amides is 1. The highest BCUT2D eigenvalue weighted by molar-refractivity contribution is 5.47. The summed E-state index contributed by atoms with van der Waals surface area (Å²) in [5.74, 6) is 2.80. The number of nitrogens with zero attached hydrogens (tertiary/aromatic N) is 2. The first kappa shape index (κ1) is 16.3. The van der Waals surface area contributed by atoms with Crippen molar-refractivity contribution < 1.29 is 14.6 Å². The zero-order valence-corrected chi connectivity index (χ0v) is 12.7. The second-order valence-electron chi connectivity index (χ2n) is 6.11. The van der Waals surface area contributed by atoms with Gasteiger partial charge in [-0.25, -0.2) is 0 Å². The lowest BCUT2D eigenvalue weighted by atomic mass is 9.85. The maximum absolute atomic E-state index is 10.7. The highest BCUT2D eigenvalue weighted by atomic mass is 16.5. The average Bonchev–Trinajstić information content (AvgIpc) is 2.54. The molecule has 2 rings (SSSR count). The van der Waals surface area contributed by atoms with Crippen molar-refractivity contribution in [2.75, 3.05) is 39.3 Å². The van der Waals surface area contributed by atoms with Crippen LogP contribution in [0.5, 0.6) is 0 Å². The molecule has 2 fully saturated rings. The van der Waals surface area contributed by atoms with E-state index in [2.05, 4.69) is 10.8 Å². The SMILES string of the molecule is C#CC1(OCC(O)CN2CCN(C=O)CC2)CCCCC1. The molecule has 5 nitrogen and oxygen atoms in total. The van der Waals surface area contributed by atoms with Crippen LogP contribution in [0.2, 0.25) is 0 Å². The van der Waals surface area contributed by atoms with E-state index in [9.17, 15) is 9.90 Å². The molecule has 0 aromatic carbocycles. The molecular formula is C16H26N2O3. The van der Waals surface area contributed by atoms with Crippen LogP contribution < -0.4 is 0 Å². The van der Waals surface area contributed by atoms with Crippen LogP contribution in [0.15, 0.2) is 0 Å². The van der Waals surface area contributed by atoms with Crippen molar-refractivity contribution in [2.24, 2.45) is 0 Å². The maximum Gasteiger partial charge on any atom is 0.209 e. The molecule has 5 heteroatoms. The standard InChI is InChI=1S/C16H26N2O3/c1-2-16(6-4-3-5-7-16)21-13-15(20)12-17-8-10-18(14-19)11-9-17/h1,14-15,20H,3-13H2. The molecule has 21 heavy (non-hydrogen) atoms. The number of ether oxygens (including phenoxy) is 1. The number of carbonyl (C=O) groups is 1. The number of piperazine rings is 1. The Morgan fingerprint density at radius 2 is 1.90 bits per heavy atom. The summed E-state index contributed by atoms with van der Waals surface area (Å²) in [5, 5.41) is 10.1. The Labute approximate surface area is 127 Å². The predicted octanol–water partition coefficient (Wildman–Crippen LogP) is 0.474. The lowest BCUT2D eigenvalue weighted by Crippen LogP contribution is -2.49. The van der Waals surface area contributed by atoms with Crippen molar-refractivity contribution >= 4 is 6.41 Å². The highest BCUT2D eigenvalue weighted by Gasteiger charge is 2.31. The van der Waals surface area contributed by atoms with Gasteiger partial charge in [0.15, 0.2) is 0 Å². The number of aliphatic hydroxyl groups is 1. The quantitative estimate of drug-likeness (QED) is 0.572. The minimum absolute atomic E-state index is 0.290. The fourth-order valence-corrected chi connectivity index (χ4v) is 3.11. The summed E-state index contributed by atoms with van der Waals surface area (Å²) >= 11 is 0. The second-order valence-corrected chi connectivity index (χ2v) is 6.11. The zero-order chi connectivity index (χ0) is 15.1. The van der Waals surface area contributed by atoms with E-state index >= 15 is 0 Å². The summed E-state index contributed by atoms with van der Waals surface area (Å²) < 4.78 is 5.89. The fraction of sp³-hybridized carbons (Fsp3) is 0.812. The van der Waals surface area contributed by atoms with Gasteiger partial charge in [-0.3, -0.25) is 9.69 Å². The molecule has 118 valence electrons. The van der Waals surface area contributed by atoms with Gasteiger partial charge >= 0.3 is 0 Å². The largest absolute Gasteiger partial charge is 0.389 e. The number of hydrogen-bond acceptors (Lipinski definition) is 4. The Morgan fingerprint density at radius 1 is 1.24 bits per heavy atom. The van der Waals surface area contributed by atoms with Gasteiger partial charge in [-0.15, -0.1) is 6.42 Å². The van der Waals surface area contributed by atoms with Gasteiger partial charge in [0.2, 0.25) is 6.41 Å². The smallest absolute Gasteiger partial charge is 0.209 e. The number of terminal acetylenes is 1. The molecule has 1 amide bonds. The van der Waals surface area contributed by atoms with Crippen LogP contribution in [0, 0.1) is 12.3 Å². The van der Waals surface area contributed by atoms with E-state index in [1.165, 1.54) is 6.42 Å². The number of β-amino-alcohol motifs (C(OH)–C–C–N with tert-alkyl or cyclic N) is 1. The van der Waals surface area contributed by atoms with Crippen molar-refractivity contribution in [1.29, 1.82) is 0 Å². The van der Waals surface area contributed by atoms with E-state index in [0.29, 0.717) is 6.54 Å². The van der Waals surface area contributed by atoms with E-state index in [1.54, 1.807) is 4.90 Å². The minimum atomic E-state index is -0.528. The van der Waals surface area contributed by atoms with Crippen LogP contribution in [0.3, 0.4) is 0 Å². The van der Waals surface area contributed by atoms with Gasteiger partial charge < -0.3 is 14.7 Å². The van der Waals surface area contributed by atoms with Gasteiger partial charge in [-0.2, -0.15) is 0 Å². The molecule has 2 aliphatic rings. The third-order valence-corrected chi connectivity index (χ3v) is 4.50. The number of aliphatic hydroxyl groups excluding tert-OH is 1. The molecule has 1 unspecified atom stereocenters. The van der Waals surface area contributed by atoms with E-state index in [4.69, 9.17) is 11.2 Å². The molecule has 1 heterocycles. The van der Waals surface area contributed by atoms with Crippen LogP contribution in [0.4, 0.5) is 0 Å². The Morgan fingerprint density at radius 3 is 2.48 bits per heavy atom. The number of carbonyl (C=O) groups excluding carboxylic acids is 1. The first-order chi connectivity index (χ1) is 10.2. The molecule has 1 N–H and O–H groups in total. The van der Waals surface area contributed by atoms with Gasteiger partial charge in [0.05, 0.1) is 12.7 Å². The van der Waals surface area contributed by atoms with Crippen LogP contribution in [-0.2, 0) is 9.53 Å². The van der Waals surface area contributed by atoms with Gasteiger partial charge in [0.1, 0.15) is 5.60 Å². The van der Waals surface area contributed by atoms with Crippen molar-refractivity contribution in [1.82, 2.24) is 9.80 Å². The highest BCUT2D eigenvalue weighted by Crippen LogP contribution is 2.31. The van der Waals surface area contributed by atoms with Gasteiger partial charge in [0, 0.05) is 32.7 Å². The molecule has 0 radical (unpaired) electrons. The summed E-state index contributed by atoms with van der Waals surface area (Å²) in [7, 11) is 0. The molecular weight excluding hydrogens is 268 g/mol. The van der Waals surface area contributed by atoms with E-state index in [0.717, 1.165) is 58.3 Å². The monoisotopic (exact) mass is 294 g/mol. The number of rotatable bonds is 6. The molecule has 1 aliphatic carbocycles. The van der Waals surface area contributed by atoms with Crippen LogP contribution in [0.1, 0.15) is 32.1 Å². The summed E-state index contributed by atoms with van der Waals surface area (Å²) in [6, 6.07) is 0. The summed E-state index contributed by atoms with van der Waals surface area (Å²) in [6.45, 7) is 3.92. The van der Waals surface area contributed by atoms with Crippen molar-refractivity contribution in [3.05, 3.63) is 0 Å². The predicted molar refractivity (Wildman–Crippen MR) is 80.7 cm³/mol. The Bertz CT molecular complexity index is 366. The fourth-order valence-electron chi connectivity index (χ4n) is 3.11. The molecule has 0 aromatic rings. The lowest BCUT2D eigenvalue weighted by molar-refractivity contribution is -0.120.